The highest BCUT2D eigenvalue weighted by atomic mass is 16.2. The Morgan fingerprint density at radius 1 is 1.29 bits per heavy atom. The lowest BCUT2D eigenvalue weighted by Crippen LogP contribution is -2.52. The number of hydrogen-bond donors (Lipinski definition) is 1. The molecule has 1 saturated heterocycles. The quantitative estimate of drug-likeness (QED) is 0.612. The van der Waals surface area contributed by atoms with Gasteiger partial charge in [-0.1, -0.05) is 18.1 Å². The van der Waals surface area contributed by atoms with Crippen molar-refractivity contribution in [3.63, 3.8) is 0 Å². The number of amides is 3. The Kier molecular flexibility index (Phi) is 3.22. The standard InChI is InChI=1S/C16H14N2O3/c1-2-4-10-5-3-6-11-9-18(16(21)14(10)11)12-7-8-13(19)17-15(12)20/h3,5-6,12H,7-9H2,1H3,(H,17,19,20). The van der Waals surface area contributed by atoms with Crippen LogP contribution in [0.4, 0.5) is 0 Å². The highest BCUT2D eigenvalue weighted by molar-refractivity contribution is 6.06. The number of carbonyl (C=O) groups excluding carboxylic acids is 3. The summed E-state index contributed by atoms with van der Waals surface area (Å²) in [4.78, 5) is 37.3. The van der Waals surface area contributed by atoms with Gasteiger partial charge >= 0.3 is 0 Å². The lowest BCUT2D eigenvalue weighted by atomic mass is 10.0. The predicted molar refractivity (Wildman–Crippen MR) is 75.0 cm³/mol. The Labute approximate surface area is 122 Å². The molecule has 5 heteroatoms. The molecule has 1 atom stereocenters. The molecule has 1 aromatic rings. The molecule has 106 valence electrons. The summed E-state index contributed by atoms with van der Waals surface area (Å²) in [5, 5.41) is 2.29. The van der Waals surface area contributed by atoms with Gasteiger partial charge in [0.1, 0.15) is 6.04 Å². The van der Waals surface area contributed by atoms with Crippen LogP contribution in [0, 0.1) is 11.8 Å². The normalized spacial score (nSPS) is 20.7. The maximum absolute atomic E-state index is 12.6. The molecule has 1 fully saturated rings. The number of hydrogen-bond acceptors (Lipinski definition) is 3. The summed E-state index contributed by atoms with van der Waals surface area (Å²) < 4.78 is 0. The lowest BCUT2D eigenvalue weighted by Gasteiger charge is -2.29. The Bertz CT molecular complexity index is 712. The molecule has 0 aromatic heterocycles. The van der Waals surface area contributed by atoms with Crippen LogP contribution in [-0.2, 0) is 16.1 Å². The van der Waals surface area contributed by atoms with Crippen molar-refractivity contribution in [3.8, 4) is 11.8 Å². The van der Waals surface area contributed by atoms with Gasteiger partial charge in [-0.25, -0.2) is 0 Å². The summed E-state index contributed by atoms with van der Waals surface area (Å²) in [6.07, 6.45) is 0.636. The molecule has 1 N–H and O–H groups in total. The zero-order chi connectivity index (χ0) is 15.0. The van der Waals surface area contributed by atoms with E-state index in [1.54, 1.807) is 13.0 Å². The molecule has 0 saturated carbocycles. The van der Waals surface area contributed by atoms with Crippen LogP contribution in [0.1, 0.15) is 41.3 Å². The molecule has 3 rings (SSSR count). The van der Waals surface area contributed by atoms with E-state index < -0.39 is 11.9 Å². The van der Waals surface area contributed by atoms with E-state index in [0.29, 0.717) is 24.1 Å². The summed E-state index contributed by atoms with van der Waals surface area (Å²) in [5.74, 6) is 4.87. The van der Waals surface area contributed by atoms with Gasteiger partial charge in [-0.15, -0.1) is 5.92 Å². The Morgan fingerprint density at radius 2 is 2.10 bits per heavy atom. The number of imide groups is 1. The second-order valence-electron chi connectivity index (χ2n) is 5.11. The van der Waals surface area contributed by atoms with Crippen LogP contribution in [0.3, 0.4) is 0 Å². The average Bonchev–Trinajstić information content (AvgIpc) is 2.78. The zero-order valence-corrected chi connectivity index (χ0v) is 11.6. The molecule has 3 amide bonds. The number of rotatable bonds is 1. The van der Waals surface area contributed by atoms with Gasteiger partial charge in [-0.3, -0.25) is 19.7 Å². The van der Waals surface area contributed by atoms with Crippen molar-refractivity contribution in [2.45, 2.75) is 32.4 Å². The number of nitrogens with one attached hydrogen (secondary N) is 1. The zero-order valence-electron chi connectivity index (χ0n) is 11.6. The summed E-state index contributed by atoms with van der Waals surface area (Å²) >= 11 is 0. The fourth-order valence-corrected chi connectivity index (χ4v) is 2.85. The summed E-state index contributed by atoms with van der Waals surface area (Å²) in [6.45, 7) is 2.11. The lowest BCUT2D eigenvalue weighted by molar-refractivity contribution is -0.136. The van der Waals surface area contributed by atoms with Crippen molar-refractivity contribution in [2.24, 2.45) is 0 Å². The SMILES string of the molecule is CC#Cc1cccc2c1C(=O)N(C1CCC(=O)NC1=O)C2. The largest absolute Gasteiger partial charge is 0.322 e. The minimum atomic E-state index is -0.579. The van der Waals surface area contributed by atoms with E-state index in [-0.39, 0.29) is 18.2 Å². The van der Waals surface area contributed by atoms with Gasteiger partial charge in [0.05, 0.1) is 5.56 Å². The van der Waals surface area contributed by atoms with Crippen molar-refractivity contribution in [3.05, 3.63) is 34.9 Å². The maximum Gasteiger partial charge on any atom is 0.256 e. The highest BCUT2D eigenvalue weighted by Crippen LogP contribution is 2.29. The summed E-state index contributed by atoms with van der Waals surface area (Å²) in [5.41, 5.74) is 2.15. The van der Waals surface area contributed by atoms with E-state index in [0.717, 1.165) is 5.56 Å². The first-order valence-electron chi connectivity index (χ1n) is 6.81. The molecule has 2 aliphatic heterocycles. The van der Waals surface area contributed by atoms with Crippen LogP contribution in [0.25, 0.3) is 0 Å². The first-order chi connectivity index (χ1) is 10.1. The number of benzene rings is 1. The van der Waals surface area contributed by atoms with E-state index in [2.05, 4.69) is 17.2 Å². The molecule has 0 bridgehead atoms. The fourth-order valence-electron chi connectivity index (χ4n) is 2.85. The van der Waals surface area contributed by atoms with Gasteiger partial charge < -0.3 is 4.90 Å². The molecule has 0 aliphatic carbocycles. The van der Waals surface area contributed by atoms with Gasteiger partial charge in [0.25, 0.3) is 5.91 Å². The van der Waals surface area contributed by atoms with Crippen molar-refractivity contribution in [1.82, 2.24) is 10.2 Å². The van der Waals surface area contributed by atoms with Crippen molar-refractivity contribution in [2.75, 3.05) is 0 Å². The molecule has 0 radical (unpaired) electrons. The van der Waals surface area contributed by atoms with Gasteiger partial charge in [-0.05, 0) is 25.0 Å². The number of nitrogens with zero attached hydrogens (tertiary/aromatic N) is 1. The second-order valence-corrected chi connectivity index (χ2v) is 5.11. The molecule has 0 spiro atoms. The molecule has 21 heavy (non-hydrogen) atoms. The molecular weight excluding hydrogens is 268 g/mol. The smallest absolute Gasteiger partial charge is 0.256 e. The molecule has 1 unspecified atom stereocenters. The van der Waals surface area contributed by atoms with E-state index in [1.807, 2.05) is 12.1 Å². The molecule has 2 aliphatic rings. The number of piperidine rings is 1. The van der Waals surface area contributed by atoms with Crippen LogP contribution in [0.15, 0.2) is 18.2 Å². The monoisotopic (exact) mass is 282 g/mol. The Morgan fingerprint density at radius 3 is 2.81 bits per heavy atom. The number of carbonyl (C=O) groups is 3. The third-order valence-electron chi connectivity index (χ3n) is 3.81. The summed E-state index contributed by atoms with van der Waals surface area (Å²) in [7, 11) is 0. The molecule has 5 nitrogen and oxygen atoms in total. The highest BCUT2D eigenvalue weighted by Gasteiger charge is 2.39. The van der Waals surface area contributed by atoms with E-state index >= 15 is 0 Å². The van der Waals surface area contributed by atoms with Crippen molar-refractivity contribution in [1.29, 1.82) is 0 Å². The van der Waals surface area contributed by atoms with Gasteiger partial charge in [0, 0.05) is 18.5 Å². The molecular formula is C16H14N2O3. The van der Waals surface area contributed by atoms with Crippen LogP contribution in [0.5, 0.6) is 0 Å². The van der Waals surface area contributed by atoms with Crippen LogP contribution in [0.2, 0.25) is 0 Å². The van der Waals surface area contributed by atoms with E-state index in [1.165, 1.54) is 4.90 Å². The van der Waals surface area contributed by atoms with E-state index in [9.17, 15) is 14.4 Å². The topological polar surface area (TPSA) is 66.5 Å². The minimum Gasteiger partial charge on any atom is -0.322 e. The fraction of sp³-hybridized carbons (Fsp3) is 0.312. The van der Waals surface area contributed by atoms with Crippen LogP contribution >= 0.6 is 0 Å². The van der Waals surface area contributed by atoms with Crippen LogP contribution in [-0.4, -0.2) is 28.7 Å². The summed E-state index contributed by atoms with van der Waals surface area (Å²) in [6, 6.07) is 4.96. The first kappa shape index (κ1) is 13.4. The first-order valence-corrected chi connectivity index (χ1v) is 6.81. The third-order valence-corrected chi connectivity index (χ3v) is 3.81. The Hall–Kier alpha value is -2.61. The van der Waals surface area contributed by atoms with Gasteiger partial charge in [0.2, 0.25) is 11.8 Å². The third kappa shape index (κ3) is 2.19. The van der Waals surface area contributed by atoms with Crippen LogP contribution < -0.4 is 5.32 Å². The molecule has 2 heterocycles. The molecule has 1 aromatic carbocycles. The predicted octanol–water partition coefficient (Wildman–Crippen LogP) is 0.819. The minimum absolute atomic E-state index is 0.183. The maximum atomic E-state index is 12.6. The second kappa shape index (κ2) is 5.06. The van der Waals surface area contributed by atoms with E-state index in [4.69, 9.17) is 0 Å². The Balaban J connectivity index is 1.93. The van der Waals surface area contributed by atoms with Gasteiger partial charge in [-0.2, -0.15) is 0 Å². The van der Waals surface area contributed by atoms with Crippen molar-refractivity contribution >= 4 is 17.7 Å². The van der Waals surface area contributed by atoms with Crippen molar-refractivity contribution < 1.29 is 14.4 Å². The number of fused-ring (bicyclic) bond motifs is 1. The van der Waals surface area contributed by atoms with Gasteiger partial charge in [0.15, 0.2) is 0 Å². The average molecular weight is 282 g/mol.